The fourth-order valence-corrected chi connectivity index (χ4v) is 1.26. The Bertz CT molecular complexity index is 370. The molecule has 0 N–H and O–H groups in total. The lowest BCUT2D eigenvalue weighted by molar-refractivity contribution is -0.479. The molecule has 0 aromatic heterocycles. The van der Waals surface area contributed by atoms with Crippen molar-refractivity contribution in [3.63, 3.8) is 0 Å². The van der Waals surface area contributed by atoms with E-state index in [0.29, 0.717) is 20.8 Å². The molecule has 0 fully saturated rings. The van der Waals surface area contributed by atoms with E-state index in [1.807, 2.05) is 0 Å². The fraction of sp³-hybridized carbons (Fsp3) is 1.00. The van der Waals surface area contributed by atoms with E-state index < -0.39 is 42.8 Å². The van der Waals surface area contributed by atoms with Crippen LogP contribution in [0.4, 0.5) is 30.7 Å². The second kappa shape index (κ2) is 6.48. The van der Waals surface area contributed by atoms with Gasteiger partial charge in [-0.1, -0.05) is 13.8 Å². The van der Waals surface area contributed by atoms with E-state index in [4.69, 9.17) is 0 Å². The number of hydrogen-bond acceptors (Lipinski definition) is 3. The van der Waals surface area contributed by atoms with Crippen molar-refractivity contribution in [3.8, 4) is 0 Å². The number of alkyl halides is 7. The summed E-state index contributed by atoms with van der Waals surface area (Å²) in [5.74, 6) is 0. The Hall–Kier alpha value is -0.610. The Balaban J connectivity index is 5.14. The molecule has 0 aromatic carbocycles. The molecular weight excluding hydrogens is 325 g/mol. The van der Waals surface area contributed by atoms with Gasteiger partial charge in [0.1, 0.15) is 0 Å². The molecule has 0 saturated heterocycles. The number of ether oxygens (including phenoxy) is 3. The zero-order valence-corrected chi connectivity index (χ0v) is 12.8. The molecule has 0 aliphatic heterocycles. The van der Waals surface area contributed by atoms with Gasteiger partial charge in [-0.15, -0.1) is 0 Å². The molecule has 1 atom stereocenters. The van der Waals surface area contributed by atoms with Gasteiger partial charge in [0.25, 0.3) is 0 Å². The smallest absolute Gasteiger partial charge is 0.309 e. The van der Waals surface area contributed by atoms with Crippen LogP contribution in [0.5, 0.6) is 0 Å². The van der Waals surface area contributed by atoms with E-state index >= 15 is 0 Å². The molecule has 0 amide bonds. The molecule has 0 bridgehead atoms. The Morgan fingerprint density at radius 3 is 1.36 bits per heavy atom. The minimum Gasteiger partial charge on any atom is -0.309 e. The van der Waals surface area contributed by atoms with Crippen LogP contribution >= 0.6 is 0 Å². The summed E-state index contributed by atoms with van der Waals surface area (Å²) in [7, 11) is 0. The van der Waals surface area contributed by atoms with Crippen LogP contribution < -0.4 is 0 Å². The summed E-state index contributed by atoms with van der Waals surface area (Å²) in [5.41, 5.74) is -3.01. The lowest BCUT2D eigenvalue weighted by Gasteiger charge is -2.39. The lowest BCUT2D eigenvalue weighted by atomic mass is 10.1. The maximum Gasteiger partial charge on any atom is 0.388 e. The molecule has 0 aliphatic rings. The van der Waals surface area contributed by atoms with E-state index in [1.165, 1.54) is 0 Å². The minimum absolute atomic E-state index is 0.312. The molecule has 0 aromatic rings. The highest BCUT2D eigenvalue weighted by Crippen LogP contribution is 2.42. The standard InChI is InChI=1S/C12H19F7O3/c1-6-10(14,15)21-9(5,13)20-8(3,4)12(18,19)22-11(16,17)7-2/h6-7H2,1-5H3. The molecule has 0 aliphatic carbocycles. The Morgan fingerprint density at radius 1 is 0.636 bits per heavy atom. The van der Waals surface area contributed by atoms with Crippen molar-refractivity contribution in [1.82, 2.24) is 0 Å². The monoisotopic (exact) mass is 344 g/mol. The van der Waals surface area contributed by atoms with Crippen LogP contribution in [0.3, 0.4) is 0 Å². The average molecular weight is 344 g/mol. The summed E-state index contributed by atoms with van der Waals surface area (Å²) in [6.07, 6.45) is -14.9. The lowest BCUT2D eigenvalue weighted by Crippen LogP contribution is -2.55. The largest absolute Gasteiger partial charge is 0.388 e. The quantitative estimate of drug-likeness (QED) is 0.432. The Labute approximate surface area is 123 Å². The van der Waals surface area contributed by atoms with E-state index in [9.17, 15) is 30.7 Å². The minimum atomic E-state index is -4.68. The Kier molecular flexibility index (Phi) is 6.30. The van der Waals surface area contributed by atoms with Crippen molar-refractivity contribution in [2.24, 2.45) is 0 Å². The summed E-state index contributed by atoms with van der Waals surface area (Å²) in [4.78, 5) is 0. The van der Waals surface area contributed by atoms with E-state index in [0.717, 1.165) is 13.8 Å². The van der Waals surface area contributed by atoms with Crippen molar-refractivity contribution in [2.45, 2.75) is 77.4 Å². The van der Waals surface area contributed by atoms with Crippen molar-refractivity contribution in [1.29, 1.82) is 0 Å². The Morgan fingerprint density at radius 2 is 1.00 bits per heavy atom. The first-order valence-electron chi connectivity index (χ1n) is 6.42. The predicted molar refractivity (Wildman–Crippen MR) is 62.3 cm³/mol. The molecule has 10 heteroatoms. The van der Waals surface area contributed by atoms with Gasteiger partial charge in [-0.05, 0) is 13.8 Å². The third-order valence-electron chi connectivity index (χ3n) is 2.57. The maximum absolute atomic E-state index is 13.8. The molecule has 0 heterocycles. The first-order chi connectivity index (χ1) is 9.49. The number of halogens is 7. The average Bonchev–Trinajstić information content (AvgIpc) is 2.24. The topological polar surface area (TPSA) is 27.7 Å². The third-order valence-corrected chi connectivity index (χ3v) is 2.57. The van der Waals surface area contributed by atoms with Gasteiger partial charge in [0, 0.05) is 19.8 Å². The zero-order valence-electron chi connectivity index (χ0n) is 12.8. The summed E-state index contributed by atoms with van der Waals surface area (Å²) < 4.78 is 104. The zero-order chi connectivity index (χ0) is 18.0. The normalized spacial score (nSPS) is 17.5. The van der Waals surface area contributed by atoms with E-state index in [-0.39, 0.29) is 0 Å². The SMILES string of the molecule is CCC(F)(F)OC(C)(F)OC(C)(C)C(F)(F)OC(F)(F)CC. The molecule has 134 valence electrons. The van der Waals surface area contributed by atoms with Gasteiger partial charge in [-0.2, -0.15) is 30.7 Å². The summed E-state index contributed by atoms with van der Waals surface area (Å²) >= 11 is 0. The van der Waals surface area contributed by atoms with Gasteiger partial charge >= 0.3 is 24.4 Å². The van der Waals surface area contributed by atoms with Crippen molar-refractivity contribution in [3.05, 3.63) is 0 Å². The van der Waals surface area contributed by atoms with Crippen LogP contribution in [0, 0.1) is 0 Å². The van der Waals surface area contributed by atoms with Gasteiger partial charge in [0.2, 0.25) is 0 Å². The molecule has 22 heavy (non-hydrogen) atoms. The van der Waals surface area contributed by atoms with Crippen molar-refractivity contribution in [2.75, 3.05) is 0 Å². The molecule has 3 nitrogen and oxygen atoms in total. The van der Waals surface area contributed by atoms with E-state index in [1.54, 1.807) is 0 Å². The third kappa shape index (κ3) is 6.25. The van der Waals surface area contributed by atoms with Gasteiger partial charge in [0.05, 0.1) is 0 Å². The molecule has 0 radical (unpaired) electrons. The van der Waals surface area contributed by atoms with Gasteiger partial charge in [0.15, 0.2) is 5.60 Å². The maximum atomic E-state index is 13.8. The van der Waals surface area contributed by atoms with Crippen LogP contribution in [-0.4, -0.2) is 30.0 Å². The second-order valence-corrected chi connectivity index (χ2v) is 5.15. The predicted octanol–water partition coefficient (Wildman–Crippen LogP) is 5.06. The number of rotatable bonds is 9. The van der Waals surface area contributed by atoms with Crippen LogP contribution in [0.1, 0.15) is 47.5 Å². The first kappa shape index (κ1) is 21.4. The molecule has 0 spiro atoms. The van der Waals surface area contributed by atoms with Crippen LogP contribution in [0.15, 0.2) is 0 Å². The van der Waals surface area contributed by atoms with Gasteiger partial charge < -0.3 is 4.74 Å². The van der Waals surface area contributed by atoms with Crippen molar-refractivity contribution < 1.29 is 44.9 Å². The summed E-state index contributed by atoms with van der Waals surface area (Å²) in [6, 6.07) is -3.66. The summed E-state index contributed by atoms with van der Waals surface area (Å²) in [5, 5.41) is 0. The first-order valence-corrected chi connectivity index (χ1v) is 6.42. The fourth-order valence-electron chi connectivity index (χ4n) is 1.26. The van der Waals surface area contributed by atoms with E-state index in [2.05, 4.69) is 14.2 Å². The molecule has 0 saturated carbocycles. The second-order valence-electron chi connectivity index (χ2n) is 5.15. The van der Waals surface area contributed by atoms with Gasteiger partial charge in [-0.25, -0.2) is 0 Å². The highest BCUT2D eigenvalue weighted by molar-refractivity contribution is 4.82. The highest BCUT2D eigenvalue weighted by atomic mass is 19.3. The van der Waals surface area contributed by atoms with Crippen LogP contribution in [0.2, 0.25) is 0 Å². The molecule has 1 unspecified atom stereocenters. The van der Waals surface area contributed by atoms with Gasteiger partial charge in [-0.3, -0.25) is 9.47 Å². The van der Waals surface area contributed by atoms with Crippen LogP contribution in [0.25, 0.3) is 0 Å². The highest BCUT2D eigenvalue weighted by Gasteiger charge is 2.58. The van der Waals surface area contributed by atoms with Crippen LogP contribution in [-0.2, 0) is 14.2 Å². The summed E-state index contributed by atoms with van der Waals surface area (Å²) in [6.45, 7) is 3.16. The number of hydrogen-bond donors (Lipinski definition) is 0. The van der Waals surface area contributed by atoms with Crippen molar-refractivity contribution >= 4 is 0 Å². The molecular formula is C12H19F7O3. The molecule has 0 rings (SSSR count).